The highest BCUT2D eigenvalue weighted by molar-refractivity contribution is 7.01. The van der Waals surface area contributed by atoms with Crippen LogP contribution in [0, 0.1) is 6.92 Å². The van der Waals surface area contributed by atoms with E-state index in [0.717, 1.165) is 11.5 Å². The summed E-state index contributed by atoms with van der Waals surface area (Å²) in [6.45, 7) is 7.03. The van der Waals surface area contributed by atoms with E-state index in [0.29, 0.717) is 0 Å². The molecule has 0 atom stereocenters. The molecule has 0 N–H and O–H groups in total. The SMILES string of the molecule is Cc1ccc2cccc3c2c1-c1c(c([Si](C)(C)c2ccccc2)cc[n+]1C)O3. The smallest absolute Gasteiger partial charge is 0.256 e. The van der Waals surface area contributed by atoms with Crippen LogP contribution in [0.1, 0.15) is 5.56 Å². The Morgan fingerprint density at radius 1 is 0.857 bits per heavy atom. The summed E-state index contributed by atoms with van der Waals surface area (Å²) >= 11 is 0. The highest BCUT2D eigenvalue weighted by Crippen LogP contribution is 2.45. The van der Waals surface area contributed by atoms with Gasteiger partial charge in [0.1, 0.15) is 20.9 Å². The predicted octanol–water partition coefficient (Wildman–Crippen LogP) is 4.57. The molecule has 0 saturated carbocycles. The first-order valence-corrected chi connectivity index (χ1v) is 12.8. The largest absolute Gasteiger partial charge is 0.450 e. The van der Waals surface area contributed by atoms with Crippen LogP contribution in [-0.2, 0) is 7.05 Å². The van der Waals surface area contributed by atoms with Gasteiger partial charge in [-0.2, -0.15) is 4.57 Å². The number of hydrogen-bond acceptors (Lipinski definition) is 1. The molecule has 28 heavy (non-hydrogen) atoms. The zero-order valence-corrected chi connectivity index (χ0v) is 17.8. The Hall–Kier alpha value is -2.91. The number of ether oxygens (including phenoxy) is 1. The molecule has 4 aromatic rings. The van der Waals surface area contributed by atoms with Crippen LogP contribution in [0.4, 0.5) is 0 Å². The molecule has 0 fully saturated rings. The number of aromatic nitrogens is 1. The Morgan fingerprint density at radius 3 is 2.43 bits per heavy atom. The van der Waals surface area contributed by atoms with Crippen LogP contribution in [0.3, 0.4) is 0 Å². The van der Waals surface area contributed by atoms with Crippen molar-refractivity contribution >= 4 is 29.2 Å². The summed E-state index contributed by atoms with van der Waals surface area (Å²) in [5, 5.41) is 5.22. The molecule has 0 radical (unpaired) electrons. The minimum atomic E-state index is -1.92. The molecular formula is C25H24NOSi+. The van der Waals surface area contributed by atoms with Gasteiger partial charge in [-0.05, 0) is 29.1 Å². The molecule has 138 valence electrons. The monoisotopic (exact) mass is 382 g/mol. The second-order valence-corrected chi connectivity index (χ2v) is 12.6. The van der Waals surface area contributed by atoms with Gasteiger partial charge in [0.2, 0.25) is 0 Å². The van der Waals surface area contributed by atoms with E-state index in [4.69, 9.17) is 4.74 Å². The average molecular weight is 383 g/mol. The first-order valence-electron chi connectivity index (χ1n) is 9.77. The fraction of sp³-hybridized carbons (Fsp3) is 0.160. The van der Waals surface area contributed by atoms with E-state index in [-0.39, 0.29) is 0 Å². The summed E-state index contributed by atoms with van der Waals surface area (Å²) in [5.74, 6) is 1.99. The molecule has 1 aliphatic rings. The molecule has 2 heterocycles. The van der Waals surface area contributed by atoms with E-state index in [2.05, 4.69) is 105 Å². The van der Waals surface area contributed by atoms with Crippen LogP contribution in [-0.4, -0.2) is 8.07 Å². The van der Waals surface area contributed by atoms with Crippen molar-refractivity contribution in [2.45, 2.75) is 20.0 Å². The molecule has 0 saturated heterocycles. The Kier molecular flexibility index (Phi) is 3.71. The topological polar surface area (TPSA) is 13.1 Å². The van der Waals surface area contributed by atoms with Gasteiger partial charge in [0.15, 0.2) is 11.9 Å². The maximum atomic E-state index is 6.64. The highest BCUT2D eigenvalue weighted by Gasteiger charge is 2.37. The number of pyridine rings is 1. The van der Waals surface area contributed by atoms with Gasteiger partial charge in [0.25, 0.3) is 5.69 Å². The summed E-state index contributed by atoms with van der Waals surface area (Å²) in [7, 11) is 0.202. The predicted molar refractivity (Wildman–Crippen MR) is 119 cm³/mol. The van der Waals surface area contributed by atoms with E-state index >= 15 is 0 Å². The van der Waals surface area contributed by atoms with E-state index < -0.39 is 8.07 Å². The molecule has 1 aromatic heterocycles. The van der Waals surface area contributed by atoms with Crippen LogP contribution in [0.15, 0.2) is 72.9 Å². The molecule has 0 bridgehead atoms. The zero-order valence-electron chi connectivity index (χ0n) is 16.8. The number of aryl methyl sites for hydroxylation is 2. The second-order valence-electron chi connectivity index (χ2n) is 8.22. The fourth-order valence-electron chi connectivity index (χ4n) is 4.47. The lowest BCUT2D eigenvalue weighted by Gasteiger charge is -2.29. The normalized spacial score (nSPS) is 12.6. The van der Waals surface area contributed by atoms with Crippen LogP contribution in [0.25, 0.3) is 22.0 Å². The maximum absolute atomic E-state index is 6.64. The summed E-state index contributed by atoms with van der Waals surface area (Å²) in [6, 6.07) is 23.9. The van der Waals surface area contributed by atoms with Crippen molar-refractivity contribution in [2.75, 3.05) is 0 Å². The first kappa shape index (κ1) is 17.2. The third-order valence-corrected chi connectivity index (χ3v) is 9.63. The average Bonchev–Trinajstić information content (AvgIpc) is 2.71. The Labute approximate surface area is 167 Å². The summed E-state index contributed by atoms with van der Waals surface area (Å²) in [5.41, 5.74) is 3.78. The second kappa shape index (κ2) is 6.04. The molecular weight excluding hydrogens is 358 g/mol. The fourth-order valence-corrected chi connectivity index (χ4v) is 7.04. The van der Waals surface area contributed by atoms with Gasteiger partial charge in [0.05, 0.1) is 5.56 Å². The van der Waals surface area contributed by atoms with Gasteiger partial charge >= 0.3 is 0 Å². The van der Waals surface area contributed by atoms with Crippen LogP contribution < -0.4 is 19.7 Å². The molecule has 5 rings (SSSR count). The van der Waals surface area contributed by atoms with Crippen LogP contribution >= 0.6 is 0 Å². The number of hydrogen-bond donors (Lipinski definition) is 0. The van der Waals surface area contributed by atoms with Gasteiger partial charge in [-0.3, -0.25) is 0 Å². The van der Waals surface area contributed by atoms with Crippen molar-refractivity contribution in [3.05, 3.63) is 78.5 Å². The molecule has 1 aliphatic heterocycles. The maximum Gasteiger partial charge on any atom is 0.256 e. The van der Waals surface area contributed by atoms with Gasteiger partial charge in [0, 0.05) is 11.5 Å². The van der Waals surface area contributed by atoms with Gasteiger partial charge in [-0.25, -0.2) is 0 Å². The van der Waals surface area contributed by atoms with Gasteiger partial charge in [-0.1, -0.05) is 72.9 Å². The zero-order chi connectivity index (χ0) is 19.5. The van der Waals surface area contributed by atoms with Crippen molar-refractivity contribution < 1.29 is 9.30 Å². The highest BCUT2D eigenvalue weighted by atomic mass is 28.3. The van der Waals surface area contributed by atoms with Crippen molar-refractivity contribution in [3.63, 3.8) is 0 Å². The minimum absolute atomic E-state index is 0.967. The standard InChI is InChI=1S/C25H24NOSi/c1-17-13-14-18-9-8-12-20-23(18)22(17)24-25(27-20)21(15-16-26(24)2)28(3,4)19-10-6-5-7-11-19/h5-16H,1-4H3/q+1. The Balaban J connectivity index is 1.86. The van der Waals surface area contributed by atoms with Crippen molar-refractivity contribution in [2.24, 2.45) is 7.05 Å². The van der Waals surface area contributed by atoms with Crippen molar-refractivity contribution in [1.29, 1.82) is 0 Å². The first-order chi connectivity index (χ1) is 13.5. The van der Waals surface area contributed by atoms with E-state index in [9.17, 15) is 0 Å². The van der Waals surface area contributed by atoms with Gasteiger partial charge < -0.3 is 4.74 Å². The van der Waals surface area contributed by atoms with Crippen molar-refractivity contribution in [1.82, 2.24) is 0 Å². The van der Waals surface area contributed by atoms with Crippen LogP contribution in [0.5, 0.6) is 11.5 Å². The lowest BCUT2D eigenvalue weighted by molar-refractivity contribution is -0.660. The van der Waals surface area contributed by atoms with E-state index in [1.165, 1.54) is 38.0 Å². The molecule has 2 nitrogen and oxygen atoms in total. The molecule has 0 spiro atoms. The Bertz CT molecular complexity index is 1230. The lowest BCUT2D eigenvalue weighted by Crippen LogP contribution is -2.54. The van der Waals surface area contributed by atoms with E-state index in [1.54, 1.807) is 0 Å². The minimum Gasteiger partial charge on any atom is -0.450 e. The summed E-state index contributed by atoms with van der Waals surface area (Å²) < 4.78 is 8.85. The molecule has 0 aliphatic carbocycles. The summed E-state index contributed by atoms with van der Waals surface area (Å²) in [4.78, 5) is 0. The lowest BCUT2D eigenvalue weighted by atomic mass is 9.94. The third kappa shape index (κ3) is 2.36. The van der Waals surface area contributed by atoms with Crippen molar-refractivity contribution in [3.8, 4) is 22.8 Å². The van der Waals surface area contributed by atoms with Crippen LogP contribution in [0.2, 0.25) is 13.1 Å². The third-order valence-electron chi connectivity index (χ3n) is 6.11. The van der Waals surface area contributed by atoms with Gasteiger partial charge in [-0.15, -0.1) is 0 Å². The number of rotatable bonds is 2. The summed E-state index contributed by atoms with van der Waals surface area (Å²) in [6.07, 6.45) is 2.20. The van der Waals surface area contributed by atoms with E-state index in [1.807, 2.05) is 0 Å². The molecule has 0 unspecified atom stereocenters. The molecule has 3 heteroatoms. The number of fused-ring (bicyclic) bond motifs is 2. The molecule has 3 aromatic carbocycles. The number of nitrogens with zero attached hydrogens (tertiary/aromatic N) is 1. The Morgan fingerprint density at radius 2 is 1.64 bits per heavy atom. The quantitative estimate of drug-likeness (QED) is 0.322. The number of benzene rings is 3. The molecule has 0 amide bonds.